The number of ketones is 1. The summed E-state index contributed by atoms with van der Waals surface area (Å²) in [5, 5.41) is 32.0. The van der Waals surface area contributed by atoms with Crippen LogP contribution in [0.3, 0.4) is 0 Å². The van der Waals surface area contributed by atoms with Crippen molar-refractivity contribution in [1.29, 1.82) is 0 Å². The number of fused-ring (bicyclic) bond motifs is 6. The first kappa shape index (κ1) is 50.6. The van der Waals surface area contributed by atoms with E-state index in [0.29, 0.717) is 149 Å². The Morgan fingerprint density at radius 2 is 1.28 bits per heavy atom. The lowest BCUT2D eigenvalue weighted by molar-refractivity contribution is 0.00377. The van der Waals surface area contributed by atoms with Gasteiger partial charge in [0.2, 0.25) is 0 Å². The number of aromatic nitrogens is 3. The number of anilines is 1. The summed E-state index contributed by atoms with van der Waals surface area (Å²) in [6, 6.07) is 34.8. The van der Waals surface area contributed by atoms with Crippen LogP contribution in [0.1, 0.15) is 94.9 Å². The molecule has 0 unspecified atom stereocenters. The van der Waals surface area contributed by atoms with Crippen LogP contribution in [0.5, 0.6) is 34.5 Å². The molecule has 0 saturated carbocycles. The van der Waals surface area contributed by atoms with Gasteiger partial charge in [-0.2, -0.15) is 0 Å². The fraction of sp³-hybridized carbons (Fsp3) is 0.232. The van der Waals surface area contributed by atoms with Gasteiger partial charge >= 0.3 is 5.97 Å². The molecule has 0 fully saturated rings. The van der Waals surface area contributed by atoms with E-state index in [1.807, 2.05) is 12.1 Å². The molecule has 1 aromatic heterocycles. The molecule has 6 aromatic carbocycles. The van der Waals surface area contributed by atoms with Crippen LogP contribution < -0.4 is 19.5 Å². The molecule has 3 N–H and O–H groups in total. The number of esters is 1. The molecule has 9 rings (SSSR count). The summed E-state index contributed by atoms with van der Waals surface area (Å²) in [7, 11) is 0. The van der Waals surface area contributed by atoms with E-state index in [1.165, 1.54) is 24.3 Å². The number of benzene rings is 6. The molecule has 2 aliphatic heterocycles. The highest BCUT2D eigenvalue weighted by atomic mass is 32.1. The van der Waals surface area contributed by atoms with Gasteiger partial charge in [0.1, 0.15) is 47.1 Å². The fourth-order valence-electron chi connectivity index (χ4n) is 8.47. The van der Waals surface area contributed by atoms with Gasteiger partial charge < -0.3 is 48.7 Å². The van der Waals surface area contributed by atoms with Crippen molar-refractivity contribution in [2.24, 2.45) is 0 Å². The van der Waals surface area contributed by atoms with Gasteiger partial charge in [0.15, 0.2) is 11.4 Å². The van der Waals surface area contributed by atoms with E-state index in [4.69, 9.17) is 45.4 Å². The van der Waals surface area contributed by atoms with Gasteiger partial charge in [-0.15, -0.1) is 5.10 Å². The van der Waals surface area contributed by atoms with Crippen molar-refractivity contribution in [3.05, 3.63) is 184 Å². The number of phenols is 2. The van der Waals surface area contributed by atoms with E-state index in [0.717, 1.165) is 12.6 Å². The zero-order valence-corrected chi connectivity index (χ0v) is 40.7. The maximum Gasteiger partial charge on any atom is 0.340 e. The van der Waals surface area contributed by atoms with Gasteiger partial charge in [-0.25, -0.2) is 9.48 Å². The number of carbonyl (C=O) groups excluding carboxylic acids is 4. The number of carbonyl (C=O) groups is 4. The Hall–Kier alpha value is -8.29. The third-order valence-electron chi connectivity index (χ3n) is 12.2. The van der Waals surface area contributed by atoms with Gasteiger partial charge in [-0.3, -0.25) is 14.4 Å². The summed E-state index contributed by atoms with van der Waals surface area (Å²) >= 11 is 5.60. The fourth-order valence-corrected chi connectivity index (χ4v) is 8.74. The highest BCUT2D eigenvalue weighted by molar-refractivity contribution is 7.80. The minimum Gasteiger partial charge on any atom is -0.508 e. The minimum absolute atomic E-state index is 0.0166. The van der Waals surface area contributed by atoms with Crippen LogP contribution in [-0.4, -0.2) is 94.2 Å². The third kappa shape index (κ3) is 12.0. The number of aldehydes is 2. The summed E-state index contributed by atoms with van der Waals surface area (Å²) in [5.41, 5.74) is 4.21. The van der Waals surface area contributed by atoms with Crippen molar-refractivity contribution in [3.63, 3.8) is 0 Å². The molecule has 3 heterocycles. The van der Waals surface area contributed by atoms with Gasteiger partial charge in [-0.05, 0) is 91.3 Å². The Bertz CT molecular complexity index is 3040. The molecule has 0 amide bonds. The van der Waals surface area contributed by atoms with Crippen LogP contribution in [0.4, 0.5) is 5.69 Å². The lowest BCUT2D eigenvalue weighted by Crippen LogP contribution is -2.32. The maximum atomic E-state index is 13.4. The molecule has 0 radical (unpaired) electrons. The number of nitrogens with one attached hydrogen (secondary N) is 1. The lowest BCUT2D eigenvalue weighted by atomic mass is 9.77. The van der Waals surface area contributed by atoms with E-state index >= 15 is 0 Å². The number of phenolic OH excluding ortho intramolecular Hbond substituents is 2. The van der Waals surface area contributed by atoms with Gasteiger partial charge in [0, 0.05) is 88.8 Å². The van der Waals surface area contributed by atoms with Crippen LogP contribution in [0.15, 0.2) is 134 Å². The molecule has 1 spiro atoms. The molecule has 17 nitrogen and oxygen atoms in total. The van der Waals surface area contributed by atoms with Crippen molar-refractivity contribution in [1.82, 2.24) is 15.0 Å². The average molecular weight is 1020 g/mol. The summed E-state index contributed by atoms with van der Waals surface area (Å²) in [5.74, 6) is 0.946. The first-order chi connectivity index (χ1) is 36.1. The Morgan fingerprint density at radius 3 is 1.89 bits per heavy atom. The van der Waals surface area contributed by atoms with Gasteiger partial charge in [0.25, 0.3) is 6.29 Å². The minimum atomic E-state index is -1.34. The molecular weight excluding hydrogens is 969 g/mol. The monoisotopic (exact) mass is 1020 g/mol. The first-order valence-electron chi connectivity index (χ1n) is 23.8. The van der Waals surface area contributed by atoms with E-state index in [9.17, 15) is 29.4 Å². The number of rotatable bonds is 25. The van der Waals surface area contributed by atoms with Gasteiger partial charge in [0.05, 0.1) is 55.8 Å². The molecule has 378 valence electrons. The molecule has 0 atom stereocenters. The van der Waals surface area contributed by atoms with Crippen molar-refractivity contribution in [2.45, 2.75) is 44.1 Å². The standard InChI is InChI=1S/C56H50N4O13S/c61-34-36-3-15-44(16-4-36)70-55(71-45-17-5-37(35-62)6-18-45)39-9-7-38(8-10-39)50(65)22-12-41-33-60(59-58-41)23-25-68-27-29-69-28-26-67-24-1-2-53(74)57-40-11-19-47-46(30-40)54(66)73-56(47)48-20-13-42(63)31-51(48)72-52-32-43(64)14-21-49(52)56/h3-11,13-21,30-35,55,63-64H,1-2,12,22-29H2,(H,57,74). The van der Waals surface area contributed by atoms with Crippen molar-refractivity contribution >= 4 is 47.2 Å². The topological polar surface area (TPSA) is 216 Å². The molecule has 0 aliphatic carbocycles. The van der Waals surface area contributed by atoms with Crippen molar-refractivity contribution in [2.75, 3.05) is 45.0 Å². The van der Waals surface area contributed by atoms with E-state index < -0.39 is 17.9 Å². The molecule has 74 heavy (non-hydrogen) atoms. The highest BCUT2D eigenvalue weighted by Crippen LogP contribution is 2.57. The molecule has 0 saturated heterocycles. The second kappa shape index (κ2) is 23.5. The Labute approximate surface area is 430 Å². The number of ether oxygens (including phenoxy) is 7. The molecule has 7 aromatic rings. The average Bonchev–Trinajstić information content (AvgIpc) is 4.00. The Balaban J connectivity index is 0.638. The van der Waals surface area contributed by atoms with Crippen LogP contribution in [0.25, 0.3) is 0 Å². The Kier molecular flexibility index (Phi) is 16.1. The number of aryl methyl sites for hydroxylation is 1. The van der Waals surface area contributed by atoms with E-state index in [2.05, 4.69) is 15.6 Å². The Morgan fingerprint density at radius 1 is 0.703 bits per heavy atom. The largest absolute Gasteiger partial charge is 0.508 e. The third-order valence-corrected chi connectivity index (χ3v) is 12.5. The second-order valence-electron chi connectivity index (χ2n) is 17.2. The first-order valence-corrected chi connectivity index (χ1v) is 24.2. The smallest absolute Gasteiger partial charge is 0.340 e. The summed E-state index contributed by atoms with van der Waals surface area (Å²) in [6.45, 7) is 2.95. The molecular formula is C56H50N4O13S. The number of nitrogens with zero attached hydrogens (tertiary/aromatic N) is 3. The van der Waals surface area contributed by atoms with E-state index in [-0.39, 0.29) is 23.7 Å². The van der Waals surface area contributed by atoms with E-state index in [1.54, 1.807) is 102 Å². The number of Topliss-reactive ketones (excluding diaryl/α,β-unsaturated/α-hetero) is 1. The molecule has 0 bridgehead atoms. The van der Waals surface area contributed by atoms with Crippen LogP contribution >= 0.6 is 12.2 Å². The zero-order valence-electron chi connectivity index (χ0n) is 39.8. The second-order valence-corrected chi connectivity index (χ2v) is 17.7. The lowest BCUT2D eigenvalue weighted by Gasteiger charge is -2.36. The predicted molar refractivity (Wildman–Crippen MR) is 273 cm³/mol. The SMILES string of the molecule is O=Cc1ccc(OC(Oc2ccc(C=O)cc2)c2ccc(C(=O)CCc3cn(CCOCCOCCOCCCC(=S)Nc4ccc5c(c4)C(=O)OC54c5ccc(O)cc5Oc5cc(O)ccc54)nn3)cc2)cc1. The maximum absolute atomic E-state index is 13.4. The number of aromatic hydroxyl groups is 2. The van der Waals surface area contributed by atoms with Crippen LogP contribution in [-0.2, 0) is 37.5 Å². The van der Waals surface area contributed by atoms with Crippen molar-refractivity contribution in [3.8, 4) is 34.5 Å². The predicted octanol–water partition coefficient (Wildman–Crippen LogP) is 9.12. The molecule has 18 heteroatoms. The zero-order chi connectivity index (χ0) is 51.4. The summed E-state index contributed by atoms with van der Waals surface area (Å²) in [6.07, 6.45) is 4.27. The summed E-state index contributed by atoms with van der Waals surface area (Å²) in [4.78, 5) is 49.4. The number of hydrogen-bond acceptors (Lipinski definition) is 16. The highest BCUT2D eigenvalue weighted by Gasteiger charge is 2.53. The number of thiocarbonyl (C=S) groups is 1. The molecule has 2 aliphatic rings. The quantitative estimate of drug-likeness (QED) is 0.0121. The van der Waals surface area contributed by atoms with Gasteiger partial charge in [-0.1, -0.05) is 47.8 Å². The van der Waals surface area contributed by atoms with Crippen molar-refractivity contribution < 1.29 is 62.5 Å². The van der Waals surface area contributed by atoms with Crippen LogP contribution in [0, 0.1) is 0 Å². The normalized spacial score (nSPS) is 12.8. The summed E-state index contributed by atoms with van der Waals surface area (Å²) < 4.78 is 43.2. The van der Waals surface area contributed by atoms with Crippen LogP contribution in [0.2, 0.25) is 0 Å². The number of hydrogen-bond donors (Lipinski definition) is 3.